The van der Waals surface area contributed by atoms with Gasteiger partial charge in [0.05, 0.1) is 0 Å². The van der Waals surface area contributed by atoms with Crippen LogP contribution >= 0.6 is 0 Å². The Balaban J connectivity index is 1.87. The molecule has 2 rings (SSSR count). The van der Waals surface area contributed by atoms with Crippen LogP contribution in [0.3, 0.4) is 0 Å². The first-order chi connectivity index (χ1) is 11.0. The molecule has 0 aliphatic rings. The average Bonchev–Trinajstić information content (AvgIpc) is 2.51. The number of ether oxygens (including phenoxy) is 1. The molecule has 0 aliphatic carbocycles. The molecule has 0 aromatic heterocycles. The van der Waals surface area contributed by atoms with Gasteiger partial charge in [-0.05, 0) is 54.7 Å². The van der Waals surface area contributed by atoms with E-state index in [0.29, 0.717) is 5.92 Å². The molecule has 0 radical (unpaired) electrons. The van der Waals surface area contributed by atoms with Gasteiger partial charge in [-0.2, -0.15) is 0 Å². The van der Waals surface area contributed by atoms with Crippen molar-refractivity contribution in [3.8, 4) is 5.75 Å². The lowest BCUT2D eigenvalue weighted by atomic mass is 10.0. The lowest BCUT2D eigenvalue weighted by molar-refractivity contribution is 0.234. The van der Waals surface area contributed by atoms with Crippen molar-refractivity contribution >= 4 is 11.7 Å². The molecule has 2 aromatic carbocycles. The summed E-state index contributed by atoms with van der Waals surface area (Å²) in [6.45, 7) is 8.41. The molecular weight excluding hydrogens is 288 g/mol. The normalized spacial score (nSPS) is 10.5. The maximum absolute atomic E-state index is 12.0. The molecule has 0 saturated carbocycles. The van der Waals surface area contributed by atoms with Crippen LogP contribution in [0, 0.1) is 13.8 Å². The largest absolute Gasteiger partial charge is 0.473 e. The number of carbonyl (C=O) groups excluding carboxylic acids is 1. The van der Waals surface area contributed by atoms with E-state index in [1.165, 1.54) is 5.56 Å². The van der Waals surface area contributed by atoms with Crippen molar-refractivity contribution in [1.82, 2.24) is 5.32 Å². The Bertz CT molecular complexity index is 681. The number of rotatable bonds is 5. The Labute approximate surface area is 137 Å². The first-order valence-corrected chi connectivity index (χ1v) is 7.81. The van der Waals surface area contributed by atoms with Crippen LogP contribution in [0.25, 0.3) is 0 Å². The number of amides is 2. The zero-order valence-electron chi connectivity index (χ0n) is 14.1. The summed E-state index contributed by atoms with van der Waals surface area (Å²) in [5.41, 5.74) is 4.31. The molecule has 23 heavy (non-hydrogen) atoms. The maximum atomic E-state index is 12.0. The Kier molecular flexibility index (Phi) is 5.63. The van der Waals surface area contributed by atoms with Crippen molar-refractivity contribution in [3.05, 3.63) is 59.2 Å². The minimum absolute atomic E-state index is 0.123. The topological polar surface area (TPSA) is 50.4 Å². The second-order valence-electron chi connectivity index (χ2n) is 5.91. The Morgan fingerprint density at radius 3 is 2.52 bits per heavy atom. The second-order valence-corrected chi connectivity index (χ2v) is 5.91. The summed E-state index contributed by atoms with van der Waals surface area (Å²) in [4.78, 5) is 12.0. The smallest absolute Gasteiger partial charge is 0.321 e. The molecule has 0 bridgehead atoms. The Morgan fingerprint density at radius 2 is 1.83 bits per heavy atom. The van der Waals surface area contributed by atoms with Crippen molar-refractivity contribution in [2.24, 2.45) is 0 Å². The molecule has 0 saturated heterocycles. The van der Waals surface area contributed by atoms with Gasteiger partial charge in [-0.15, -0.1) is 0 Å². The summed E-state index contributed by atoms with van der Waals surface area (Å²) in [6, 6.07) is 13.4. The highest BCUT2D eigenvalue weighted by Crippen LogP contribution is 2.23. The molecule has 122 valence electrons. The number of hydrogen-bond donors (Lipinski definition) is 2. The van der Waals surface area contributed by atoms with Crippen LogP contribution < -0.4 is 15.4 Å². The molecule has 0 unspecified atom stereocenters. The van der Waals surface area contributed by atoms with Gasteiger partial charge in [0, 0.05) is 5.69 Å². The van der Waals surface area contributed by atoms with E-state index in [0.717, 1.165) is 22.6 Å². The van der Waals surface area contributed by atoms with Gasteiger partial charge >= 0.3 is 6.03 Å². The van der Waals surface area contributed by atoms with Crippen LogP contribution in [0.4, 0.5) is 10.5 Å². The number of hydrogen-bond acceptors (Lipinski definition) is 2. The highest BCUT2D eigenvalue weighted by atomic mass is 16.5. The molecule has 0 atom stereocenters. The number of benzene rings is 2. The van der Waals surface area contributed by atoms with Gasteiger partial charge in [0.2, 0.25) is 0 Å². The Hall–Kier alpha value is -2.49. The predicted molar refractivity (Wildman–Crippen MR) is 94.1 cm³/mol. The van der Waals surface area contributed by atoms with Gasteiger partial charge in [-0.1, -0.05) is 38.1 Å². The van der Waals surface area contributed by atoms with E-state index in [4.69, 9.17) is 4.74 Å². The average molecular weight is 312 g/mol. The minimum atomic E-state index is -0.276. The third kappa shape index (κ3) is 4.74. The van der Waals surface area contributed by atoms with Crippen LogP contribution in [0.1, 0.15) is 36.5 Å². The number of para-hydroxylation sites is 1. The summed E-state index contributed by atoms with van der Waals surface area (Å²) < 4.78 is 5.56. The number of urea groups is 1. The van der Waals surface area contributed by atoms with Gasteiger partial charge in [0.15, 0.2) is 6.73 Å². The second kappa shape index (κ2) is 7.68. The third-order valence-corrected chi connectivity index (χ3v) is 3.78. The molecular formula is C19H24N2O2. The van der Waals surface area contributed by atoms with Gasteiger partial charge < -0.3 is 15.4 Å². The summed E-state index contributed by atoms with van der Waals surface area (Å²) in [7, 11) is 0. The summed E-state index contributed by atoms with van der Waals surface area (Å²) in [5.74, 6) is 1.09. The molecule has 0 fully saturated rings. The quantitative estimate of drug-likeness (QED) is 0.794. The van der Waals surface area contributed by atoms with Crippen molar-refractivity contribution in [2.45, 2.75) is 33.6 Å². The fourth-order valence-corrected chi connectivity index (χ4v) is 2.27. The van der Waals surface area contributed by atoms with E-state index in [1.54, 1.807) is 0 Å². The predicted octanol–water partition coefficient (Wildman–Crippen LogP) is 4.58. The molecule has 0 spiro atoms. The first-order valence-electron chi connectivity index (χ1n) is 7.81. The van der Waals surface area contributed by atoms with Crippen LogP contribution in [-0.4, -0.2) is 12.8 Å². The highest BCUT2D eigenvalue weighted by Gasteiger charge is 2.08. The number of aryl methyl sites for hydroxylation is 2. The zero-order chi connectivity index (χ0) is 16.8. The van der Waals surface area contributed by atoms with E-state index < -0.39 is 0 Å². The molecule has 0 heterocycles. The van der Waals surface area contributed by atoms with Crippen molar-refractivity contribution in [2.75, 3.05) is 12.0 Å². The van der Waals surface area contributed by atoms with Gasteiger partial charge in [-0.3, -0.25) is 0 Å². The molecule has 2 N–H and O–H groups in total. The first kappa shape index (κ1) is 16.9. The van der Waals surface area contributed by atoms with Gasteiger partial charge in [0.1, 0.15) is 5.75 Å². The van der Waals surface area contributed by atoms with Crippen molar-refractivity contribution in [3.63, 3.8) is 0 Å². The van der Waals surface area contributed by atoms with Gasteiger partial charge in [-0.25, -0.2) is 4.79 Å². The van der Waals surface area contributed by atoms with Crippen molar-refractivity contribution in [1.29, 1.82) is 0 Å². The van der Waals surface area contributed by atoms with Crippen molar-refractivity contribution < 1.29 is 9.53 Å². The lowest BCUT2D eigenvalue weighted by Gasteiger charge is -2.14. The van der Waals surface area contributed by atoms with Crippen LogP contribution in [0.2, 0.25) is 0 Å². The van der Waals surface area contributed by atoms with E-state index >= 15 is 0 Å². The van der Waals surface area contributed by atoms with Crippen LogP contribution in [0.15, 0.2) is 42.5 Å². The SMILES string of the molecule is Cc1ccc(OCNC(=O)Nc2ccccc2C(C)C)cc1C. The lowest BCUT2D eigenvalue weighted by Crippen LogP contribution is -2.32. The molecule has 2 amide bonds. The van der Waals surface area contributed by atoms with Gasteiger partial charge in [0.25, 0.3) is 0 Å². The minimum Gasteiger partial charge on any atom is -0.473 e. The van der Waals surface area contributed by atoms with E-state index in [9.17, 15) is 4.79 Å². The van der Waals surface area contributed by atoms with E-state index in [1.807, 2.05) is 49.4 Å². The summed E-state index contributed by atoms with van der Waals surface area (Å²) >= 11 is 0. The number of anilines is 1. The zero-order valence-corrected chi connectivity index (χ0v) is 14.1. The molecule has 4 nitrogen and oxygen atoms in total. The fourth-order valence-electron chi connectivity index (χ4n) is 2.27. The van der Waals surface area contributed by atoms with E-state index in [-0.39, 0.29) is 12.8 Å². The Morgan fingerprint density at radius 1 is 1.09 bits per heavy atom. The third-order valence-electron chi connectivity index (χ3n) is 3.78. The fraction of sp³-hybridized carbons (Fsp3) is 0.316. The standard InChI is InChI=1S/C19H24N2O2/c1-13(2)17-7-5-6-8-18(17)21-19(22)20-12-23-16-10-9-14(3)15(4)11-16/h5-11,13H,12H2,1-4H3,(H2,20,21,22). The van der Waals surface area contributed by atoms with E-state index in [2.05, 4.69) is 31.4 Å². The number of carbonyl (C=O) groups is 1. The molecule has 2 aromatic rings. The summed E-state index contributed by atoms with van der Waals surface area (Å²) in [6.07, 6.45) is 0. The van der Waals surface area contributed by atoms with Crippen LogP contribution in [0.5, 0.6) is 5.75 Å². The molecule has 4 heteroatoms. The summed E-state index contributed by atoms with van der Waals surface area (Å²) in [5, 5.41) is 5.58. The maximum Gasteiger partial charge on any atom is 0.321 e. The number of nitrogens with one attached hydrogen (secondary N) is 2. The molecule has 0 aliphatic heterocycles. The van der Waals surface area contributed by atoms with Crippen LogP contribution in [-0.2, 0) is 0 Å². The highest BCUT2D eigenvalue weighted by molar-refractivity contribution is 5.90. The monoisotopic (exact) mass is 312 g/mol.